The van der Waals surface area contributed by atoms with E-state index in [0.717, 1.165) is 24.2 Å². The summed E-state index contributed by atoms with van der Waals surface area (Å²) in [5, 5.41) is 4.84. The van der Waals surface area contributed by atoms with Gasteiger partial charge in [-0.25, -0.2) is 32.4 Å². The molecule has 1 aromatic carbocycles. The first kappa shape index (κ1) is 27.0. The number of ketones is 1. The van der Waals surface area contributed by atoms with Gasteiger partial charge in [-0.05, 0) is 37.0 Å². The highest BCUT2D eigenvalue weighted by atomic mass is 32.2. The molecule has 0 radical (unpaired) electrons. The van der Waals surface area contributed by atoms with Crippen molar-refractivity contribution in [1.82, 2.24) is 30.0 Å². The summed E-state index contributed by atoms with van der Waals surface area (Å²) >= 11 is 0.908. The van der Waals surface area contributed by atoms with Crippen molar-refractivity contribution in [3.63, 3.8) is 0 Å². The number of ether oxygens (including phenoxy) is 1. The van der Waals surface area contributed by atoms with Crippen LogP contribution in [0, 0.1) is 11.7 Å². The first-order chi connectivity index (χ1) is 18.7. The molecule has 0 aliphatic heterocycles. The second kappa shape index (κ2) is 11.2. The summed E-state index contributed by atoms with van der Waals surface area (Å²) in [6.07, 6.45) is 8.49. The molecule has 11 nitrogen and oxygen atoms in total. The monoisotopic (exact) mass is 572 g/mol. The van der Waals surface area contributed by atoms with Gasteiger partial charge in [0.1, 0.15) is 10.8 Å². The number of sulfone groups is 1. The Labute approximate surface area is 227 Å². The maximum Gasteiger partial charge on any atom is 0.250 e. The standard InChI is InChI=1S/C25H25FN6O5S2/c1-37-7-8-39(35,36)22(23(34)27-14-17(33)9-15-3-4-15)24-31-20-10-18(19(26)11-21(20)38-24)16-12-28-25(29-13-16)32-6-2-5-30-32/h2,5-6,10-13,15,22H,3-4,7-9,14H2,1H3,(H,27,34). The number of carbonyl (C=O) groups excluding carboxylic acids is 2. The lowest BCUT2D eigenvalue weighted by atomic mass is 10.1. The van der Waals surface area contributed by atoms with Crippen molar-refractivity contribution in [3.05, 3.63) is 53.8 Å². The highest BCUT2D eigenvalue weighted by Gasteiger charge is 2.37. The fourth-order valence-electron chi connectivity index (χ4n) is 4.01. The van der Waals surface area contributed by atoms with E-state index in [4.69, 9.17) is 4.74 Å². The van der Waals surface area contributed by atoms with Crippen LogP contribution in [0.4, 0.5) is 4.39 Å². The quantitative estimate of drug-likeness (QED) is 0.271. The maximum absolute atomic E-state index is 15.1. The zero-order chi connectivity index (χ0) is 27.6. The third kappa shape index (κ3) is 6.18. The predicted octanol–water partition coefficient (Wildman–Crippen LogP) is 2.67. The Hall–Kier alpha value is -3.62. The first-order valence-corrected chi connectivity index (χ1v) is 14.7. The van der Waals surface area contributed by atoms with E-state index in [2.05, 4.69) is 25.4 Å². The Balaban J connectivity index is 1.44. The number of fused-ring (bicyclic) bond motifs is 1. The minimum atomic E-state index is -4.06. The lowest BCUT2D eigenvalue weighted by Gasteiger charge is -2.15. The van der Waals surface area contributed by atoms with E-state index in [0.29, 0.717) is 34.1 Å². The molecule has 5 rings (SSSR count). The van der Waals surface area contributed by atoms with Gasteiger partial charge in [-0.15, -0.1) is 11.3 Å². The number of benzene rings is 1. The summed E-state index contributed by atoms with van der Waals surface area (Å²) in [4.78, 5) is 38.1. The van der Waals surface area contributed by atoms with E-state index < -0.39 is 32.6 Å². The van der Waals surface area contributed by atoms with E-state index in [1.54, 1.807) is 18.5 Å². The number of carbonyl (C=O) groups is 2. The number of thiazole rings is 1. The second-order valence-corrected chi connectivity index (χ2v) is 12.5. The number of halogens is 1. The minimum Gasteiger partial charge on any atom is -0.384 e. The van der Waals surface area contributed by atoms with Gasteiger partial charge in [0.15, 0.2) is 20.9 Å². The Morgan fingerprint density at radius 2 is 2.03 bits per heavy atom. The molecule has 1 fully saturated rings. The van der Waals surface area contributed by atoms with Crippen molar-refractivity contribution in [2.75, 3.05) is 26.0 Å². The Bertz CT molecular complexity index is 1600. The molecule has 4 aromatic rings. The molecular formula is C25H25FN6O5S2. The van der Waals surface area contributed by atoms with Gasteiger partial charge in [-0.2, -0.15) is 5.10 Å². The molecule has 1 amide bonds. The van der Waals surface area contributed by atoms with Crippen molar-refractivity contribution in [2.45, 2.75) is 24.5 Å². The number of hydrogen-bond acceptors (Lipinski definition) is 10. The van der Waals surface area contributed by atoms with E-state index >= 15 is 4.39 Å². The largest absolute Gasteiger partial charge is 0.384 e. The molecule has 1 saturated carbocycles. The molecule has 0 spiro atoms. The average Bonchev–Trinajstić information content (AvgIpc) is 3.38. The lowest BCUT2D eigenvalue weighted by Crippen LogP contribution is -2.38. The molecular weight excluding hydrogens is 547 g/mol. The van der Waals surface area contributed by atoms with E-state index in [1.807, 2.05) is 0 Å². The van der Waals surface area contributed by atoms with Crippen molar-refractivity contribution in [2.24, 2.45) is 5.92 Å². The number of methoxy groups -OCH3 is 1. The molecule has 3 heterocycles. The van der Waals surface area contributed by atoms with Crippen LogP contribution >= 0.6 is 11.3 Å². The smallest absolute Gasteiger partial charge is 0.250 e. The summed E-state index contributed by atoms with van der Waals surface area (Å²) in [6, 6.07) is 4.43. The third-order valence-electron chi connectivity index (χ3n) is 6.22. The van der Waals surface area contributed by atoms with Crippen LogP contribution in [0.1, 0.15) is 29.5 Å². The number of Topliss-reactive ketones (excluding diaryl/α,β-unsaturated/α-hetero) is 1. The van der Waals surface area contributed by atoms with Crippen molar-refractivity contribution < 1.29 is 27.1 Å². The molecule has 3 aromatic heterocycles. The maximum atomic E-state index is 15.1. The van der Waals surface area contributed by atoms with Gasteiger partial charge in [0.25, 0.3) is 0 Å². The number of aromatic nitrogens is 5. The molecule has 0 bridgehead atoms. The van der Waals surface area contributed by atoms with Crippen LogP contribution in [0.25, 0.3) is 27.3 Å². The lowest BCUT2D eigenvalue weighted by molar-refractivity contribution is -0.125. The molecule has 39 heavy (non-hydrogen) atoms. The molecule has 1 N–H and O–H groups in total. The Morgan fingerprint density at radius 1 is 1.26 bits per heavy atom. The second-order valence-electron chi connectivity index (χ2n) is 9.22. The van der Waals surface area contributed by atoms with Crippen LogP contribution in [0.15, 0.2) is 43.0 Å². The van der Waals surface area contributed by atoms with Crippen molar-refractivity contribution in [3.8, 4) is 17.1 Å². The summed E-state index contributed by atoms with van der Waals surface area (Å²) in [6.45, 7) is -0.380. The van der Waals surface area contributed by atoms with E-state index in [9.17, 15) is 18.0 Å². The molecule has 1 atom stereocenters. The fraction of sp³-hybridized carbons (Fsp3) is 0.360. The molecule has 1 aliphatic rings. The van der Waals surface area contributed by atoms with Gasteiger partial charge in [0.05, 0.1) is 29.1 Å². The van der Waals surface area contributed by atoms with Crippen LogP contribution in [0.5, 0.6) is 0 Å². The summed E-state index contributed by atoms with van der Waals surface area (Å²) in [7, 11) is -2.71. The van der Waals surface area contributed by atoms with E-state index in [-0.39, 0.29) is 29.5 Å². The molecule has 0 saturated heterocycles. The molecule has 1 unspecified atom stereocenters. The summed E-state index contributed by atoms with van der Waals surface area (Å²) in [5.41, 5.74) is 0.864. The van der Waals surface area contributed by atoms with Gasteiger partial charge >= 0.3 is 0 Å². The van der Waals surface area contributed by atoms with Crippen LogP contribution in [-0.4, -0.2) is 70.9 Å². The number of amides is 1. The number of hydrogen-bond donors (Lipinski definition) is 1. The normalized spacial score (nSPS) is 14.4. The van der Waals surface area contributed by atoms with Crippen LogP contribution in [0.2, 0.25) is 0 Å². The number of nitrogens with zero attached hydrogens (tertiary/aromatic N) is 5. The highest BCUT2D eigenvalue weighted by Crippen LogP contribution is 2.35. The SMILES string of the molecule is COCCS(=O)(=O)C(C(=O)NCC(=O)CC1CC1)c1nc2cc(-c3cnc(-n4cccn4)nc3)c(F)cc2s1. The first-order valence-electron chi connectivity index (χ1n) is 12.2. The Morgan fingerprint density at radius 3 is 2.69 bits per heavy atom. The van der Waals surface area contributed by atoms with Gasteiger partial charge in [0, 0.05) is 49.4 Å². The average molecular weight is 573 g/mol. The van der Waals surface area contributed by atoms with Gasteiger partial charge < -0.3 is 10.1 Å². The van der Waals surface area contributed by atoms with Crippen LogP contribution in [0.3, 0.4) is 0 Å². The molecule has 204 valence electrons. The van der Waals surface area contributed by atoms with Crippen molar-refractivity contribution >= 4 is 43.1 Å². The molecule has 14 heteroatoms. The third-order valence-corrected chi connectivity index (χ3v) is 9.34. The van der Waals surface area contributed by atoms with Crippen LogP contribution < -0.4 is 5.32 Å². The Kier molecular flexibility index (Phi) is 7.77. The number of nitrogens with one attached hydrogen (secondary N) is 1. The zero-order valence-corrected chi connectivity index (χ0v) is 22.5. The van der Waals surface area contributed by atoms with Gasteiger partial charge in [-0.1, -0.05) is 0 Å². The minimum absolute atomic E-state index is 0.0184. The van der Waals surface area contributed by atoms with E-state index in [1.165, 1.54) is 36.3 Å². The zero-order valence-electron chi connectivity index (χ0n) is 20.9. The topological polar surface area (TPSA) is 146 Å². The fourth-order valence-corrected chi connectivity index (χ4v) is 6.95. The van der Waals surface area contributed by atoms with Crippen LogP contribution in [-0.2, 0) is 24.2 Å². The van der Waals surface area contributed by atoms with Gasteiger partial charge in [-0.3, -0.25) is 9.59 Å². The predicted molar refractivity (Wildman–Crippen MR) is 141 cm³/mol. The molecule has 1 aliphatic carbocycles. The highest BCUT2D eigenvalue weighted by molar-refractivity contribution is 7.92. The van der Waals surface area contributed by atoms with Gasteiger partial charge in [0.2, 0.25) is 11.9 Å². The van der Waals surface area contributed by atoms with Crippen molar-refractivity contribution in [1.29, 1.82) is 0 Å². The number of rotatable bonds is 12. The summed E-state index contributed by atoms with van der Waals surface area (Å²) < 4.78 is 48.2. The summed E-state index contributed by atoms with van der Waals surface area (Å²) in [5.74, 6) is -1.36.